The van der Waals surface area contributed by atoms with Crippen LogP contribution in [0.25, 0.3) is 16.9 Å². The van der Waals surface area contributed by atoms with Crippen LogP contribution in [0.4, 0.5) is 0 Å². The van der Waals surface area contributed by atoms with Gasteiger partial charge in [-0.15, -0.1) is 5.10 Å². The first-order chi connectivity index (χ1) is 13.9. The Morgan fingerprint density at radius 3 is 2.59 bits per heavy atom. The van der Waals surface area contributed by atoms with E-state index in [2.05, 4.69) is 37.7 Å². The molecule has 3 atom stereocenters. The number of imidazole rings is 1. The van der Waals surface area contributed by atoms with E-state index in [0.29, 0.717) is 35.1 Å². The summed E-state index contributed by atoms with van der Waals surface area (Å²) >= 11 is 0. The van der Waals surface area contributed by atoms with Crippen LogP contribution in [0.2, 0.25) is 0 Å². The van der Waals surface area contributed by atoms with Crippen LogP contribution in [0, 0.1) is 13.8 Å². The van der Waals surface area contributed by atoms with Gasteiger partial charge in [0, 0.05) is 24.9 Å². The average molecular weight is 389 g/mol. The van der Waals surface area contributed by atoms with Crippen molar-refractivity contribution in [2.45, 2.75) is 45.1 Å². The number of nitrogens with zero attached hydrogens (tertiary/aromatic N) is 7. The lowest BCUT2D eigenvalue weighted by Gasteiger charge is -2.09. The number of aryl methyl sites for hydroxylation is 3. The van der Waals surface area contributed by atoms with Crippen molar-refractivity contribution in [3.8, 4) is 5.82 Å². The van der Waals surface area contributed by atoms with Gasteiger partial charge in [-0.1, -0.05) is 12.1 Å². The third-order valence-corrected chi connectivity index (χ3v) is 5.50. The number of rotatable bonds is 4. The number of aliphatic hydroxyl groups excluding tert-OH is 1. The molecule has 1 aliphatic carbocycles. The fourth-order valence-electron chi connectivity index (χ4n) is 4.05. The highest BCUT2D eigenvalue weighted by molar-refractivity contribution is 5.76. The maximum atomic E-state index is 10.1. The van der Waals surface area contributed by atoms with Gasteiger partial charge in [0.05, 0.1) is 16.7 Å². The molecule has 1 N–H and O–H groups in total. The molecular weight excluding hydrogens is 366 g/mol. The van der Waals surface area contributed by atoms with Crippen LogP contribution in [-0.4, -0.2) is 39.4 Å². The van der Waals surface area contributed by atoms with Gasteiger partial charge in [0.15, 0.2) is 11.6 Å². The molecule has 1 aromatic carbocycles. The number of benzene rings is 1. The van der Waals surface area contributed by atoms with Crippen molar-refractivity contribution in [3.05, 3.63) is 59.3 Å². The highest BCUT2D eigenvalue weighted by Crippen LogP contribution is 2.54. The summed E-state index contributed by atoms with van der Waals surface area (Å²) in [6, 6.07) is 10.2. The second-order valence-electron chi connectivity index (χ2n) is 7.77. The van der Waals surface area contributed by atoms with Crippen LogP contribution >= 0.6 is 0 Å². The van der Waals surface area contributed by atoms with E-state index in [1.165, 1.54) is 0 Å². The van der Waals surface area contributed by atoms with Gasteiger partial charge in [0.25, 0.3) is 0 Å². The molecule has 0 radical (unpaired) electrons. The van der Waals surface area contributed by atoms with Gasteiger partial charge in [-0.25, -0.2) is 19.9 Å². The summed E-state index contributed by atoms with van der Waals surface area (Å²) in [7, 11) is 2.07. The summed E-state index contributed by atoms with van der Waals surface area (Å²) in [5.41, 5.74) is 3.15. The van der Waals surface area contributed by atoms with Gasteiger partial charge in [-0.05, 0) is 39.3 Å². The van der Waals surface area contributed by atoms with Crippen molar-refractivity contribution in [3.63, 3.8) is 0 Å². The lowest BCUT2D eigenvalue weighted by atomic mass is 10.2. The van der Waals surface area contributed by atoms with E-state index in [9.17, 15) is 5.11 Å². The zero-order valence-electron chi connectivity index (χ0n) is 16.9. The summed E-state index contributed by atoms with van der Waals surface area (Å²) in [5.74, 6) is 4.12. The first-order valence-electron chi connectivity index (χ1n) is 9.81. The summed E-state index contributed by atoms with van der Waals surface area (Å²) < 4.78 is 3.80. The topological polar surface area (TPSA) is 94.5 Å². The molecule has 3 aromatic heterocycles. The highest BCUT2D eigenvalue weighted by Gasteiger charge is 2.44. The molecular formula is C21H23N7O. The number of aromatic nitrogens is 7. The smallest absolute Gasteiger partial charge is 0.162 e. The number of fused-ring (bicyclic) bond motifs is 1. The van der Waals surface area contributed by atoms with E-state index < -0.39 is 6.10 Å². The average Bonchev–Trinajstić information content (AvgIpc) is 3.28. The molecule has 0 saturated heterocycles. The SMILES string of the molecule is Cc1nc(C2C[C@H]2c2nc3ccccc3n2C)cc(-n2nc(C)nc2[C@H](C)O)n1. The summed E-state index contributed by atoms with van der Waals surface area (Å²) in [6.45, 7) is 5.36. The Balaban J connectivity index is 1.51. The number of hydrogen-bond donors (Lipinski definition) is 1. The molecule has 8 heteroatoms. The zero-order chi connectivity index (χ0) is 20.3. The van der Waals surface area contributed by atoms with Gasteiger partial charge in [-0.3, -0.25) is 0 Å². The van der Waals surface area contributed by atoms with Crippen LogP contribution in [-0.2, 0) is 7.05 Å². The van der Waals surface area contributed by atoms with Crippen molar-refractivity contribution in [1.29, 1.82) is 0 Å². The minimum atomic E-state index is -0.733. The van der Waals surface area contributed by atoms with Gasteiger partial charge in [0.2, 0.25) is 0 Å². The molecule has 0 bridgehead atoms. The molecule has 1 fully saturated rings. The predicted molar refractivity (Wildman–Crippen MR) is 108 cm³/mol. The fraction of sp³-hybridized carbons (Fsp3) is 0.381. The summed E-state index contributed by atoms with van der Waals surface area (Å²) in [4.78, 5) is 18.4. The van der Waals surface area contributed by atoms with Crippen LogP contribution in [0.15, 0.2) is 30.3 Å². The molecule has 148 valence electrons. The van der Waals surface area contributed by atoms with Gasteiger partial charge < -0.3 is 9.67 Å². The first kappa shape index (κ1) is 17.9. The van der Waals surface area contributed by atoms with Crippen molar-refractivity contribution < 1.29 is 5.11 Å². The van der Waals surface area contributed by atoms with Gasteiger partial charge >= 0.3 is 0 Å². The van der Waals surface area contributed by atoms with Crippen molar-refractivity contribution >= 4 is 11.0 Å². The highest BCUT2D eigenvalue weighted by atomic mass is 16.3. The Kier molecular flexibility index (Phi) is 3.99. The summed E-state index contributed by atoms with van der Waals surface area (Å²) in [6.07, 6.45) is 0.274. The van der Waals surface area contributed by atoms with E-state index in [-0.39, 0.29) is 0 Å². The molecule has 1 saturated carbocycles. The summed E-state index contributed by atoms with van der Waals surface area (Å²) in [5, 5.41) is 14.5. The monoisotopic (exact) mass is 389 g/mol. The maximum Gasteiger partial charge on any atom is 0.162 e. The van der Waals surface area contributed by atoms with E-state index >= 15 is 0 Å². The number of aliphatic hydroxyl groups is 1. The predicted octanol–water partition coefficient (Wildman–Crippen LogP) is 2.89. The third kappa shape index (κ3) is 3.00. The molecule has 3 heterocycles. The van der Waals surface area contributed by atoms with E-state index in [1.54, 1.807) is 18.5 Å². The Morgan fingerprint density at radius 2 is 1.83 bits per heavy atom. The molecule has 0 aliphatic heterocycles. The largest absolute Gasteiger partial charge is 0.385 e. The molecule has 1 unspecified atom stereocenters. The minimum Gasteiger partial charge on any atom is -0.385 e. The van der Waals surface area contributed by atoms with Crippen molar-refractivity contribution in [1.82, 2.24) is 34.3 Å². The Bertz CT molecular complexity index is 1220. The van der Waals surface area contributed by atoms with E-state index in [4.69, 9.17) is 4.98 Å². The number of hydrogen-bond acceptors (Lipinski definition) is 6. The fourth-order valence-corrected chi connectivity index (χ4v) is 4.05. The van der Waals surface area contributed by atoms with Crippen LogP contribution in [0.5, 0.6) is 0 Å². The Hall–Kier alpha value is -3.13. The van der Waals surface area contributed by atoms with Crippen molar-refractivity contribution in [2.24, 2.45) is 7.05 Å². The molecule has 0 spiro atoms. The Labute approximate surface area is 168 Å². The molecule has 29 heavy (non-hydrogen) atoms. The Morgan fingerprint density at radius 1 is 1.03 bits per heavy atom. The normalized spacial score (nSPS) is 19.6. The van der Waals surface area contributed by atoms with E-state index in [0.717, 1.165) is 29.0 Å². The second-order valence-corrected chi connectivity index (χ2v) is 7.77. The minimum absolute atomic E-state index is 0.297. The van der Waals surface area contributed by atoms with Gasteiger partial charge in [-0.2, -0.15) is 4.68 Å². The molecule has 1 aliphatic rings. The molecule has 0 amide bonds. The maximum absolute atomic E-state index is 10.1. The molecule has 5 rings (SSSR count). The quantitative estimate of drug-likeness (QED) is 0.577. The second kappa shape index (κ2) is 6.45. The molecule has 4 aromatic rings. The lowest BCUT2D eigenvalue weighted by Crippen LogP contribution is -2.10. The van der Waals surface area contributed by atoms with Crippen molar-refractivity contribution in [2.75, 3.05) is 0 Å². The van der Waals surface area contributed by atoms with Crippen LogP contribution in [0.3, 0.4) is 0 Å². The molecule has 8 nitrogen and oxygen atoms in total. The number of para-hydroxylation sites is 2. The lowest BCUT2D eigenvalue weighted by molar-refractivity contribution is 0.186. The van der Waals surface area contributed by atoms with Gasteiger partial charge in [0.1, 0.15) is 23.6 Å². The van der Waals surface area contributed by atoms with E-state index in [1.807, 2.05) is 31.2 Å². The van der Waals surface area contributed by atoms with Crippen LogP contribution in [0.1, 0.15) is 60.3 Å². The standard InChI is InChI=1S/C21H23N7O/c1-11(29)20-24-13(3)26-28(20)19-10-17(22-12(2)23-19)14-9-15(14)21-25-16-7-5-6-8-18(16)27(21)4/h5-8,10-11,14-15,29H,9H2,1-4H3/t11-,14?,15+/m0/s1. The first-order valence-corrected chi connectivity index (χ1v) is 9.81. The third-order valence-electron chi connectivity index (χ3n) is 5.50. The van der Waals surface area contributed by atoms with Crippen LogP contribution < -0.4 is 0 Å². The zero-order valence-corrected chi connectivity index (χ0v) is 16.9.